The molecule has 6 heteroatoms. The van der Waals surface area contributed by atoms with Gasteiger partial charge >= 0.3 is 5.97 Å². The van der Waals surface area contributed by atoms with Crippen LogP contribution in [0.25, 0.3) is 0 Å². The normalized spacial score (nSPS) is 27.0. The van der Waals surface area contributed by atoms with Crippen molar-refractivity contribution in [2.45, 2.75) is 57.6 Å². The molecule has 17 heavy (non-hydrogen) atoms. The maximum atomic E-state index is 13.0. The Labute approximate surface area is 102 Å². The lowest BCUT2D eigenvalue weighted by molar-refractivity contribution is -0.140. The van der Waals surface area contributed by atoms with E-state index < -0.39 is 25.4 Å². The van der Waals surface area contributed by atoms with Gasteiger partial charge in [0.1, 0.15) is 6.04 Å². The van der Waals surface area contributed by atoms with E-state index in [0.29, 0.717) is 0 Å². The summed E-state index contributed by atoms with van der Waals surface area (Å²) in [7, 11) is -2.77. The molecule has 0 radical (unpaired) electrons. The van der Waals surface area contributed by atoms with Gasteiger partial charge < -0.3 is 14.8 Å². The van der Waals surface area contributed by atoms with Gasteiger partial charge in [-0.2, -0.15) is 0 Å². The minimum absolute atomic E-state index is 0.102. The van der Waals surface area contributed by atoms with Crippen LogP contribution in [0.3, 0.4) is 0 Å². The van der Waals surface area contributed by atoms with Crippen molar-refractivity contribution in [3.05, 3.63) is 0 Å². The molecule has 1 rings (SSSR count). The van der Waals surface area contributed by atoms with Crippen LogP contribution >= 0.6 is 7.29 Å². The fourth-order valence-corrected chi connectivity index (χ4v) is 6.01. The number of aliphatic hydroxyl groups excluding tert-OH is 1. The van der Waals surface area contributed by atoms with Gasteiger partial charge in [-0.15, -0.1) is 0 Å². The number of carboxylic acid groups (broad SMARTS) is 1. The second kappa shape index (κ2) is 5.09. The number of hydrogen-bond donors (Lipinski definition) is 2. The Morgan fingerprint density at radius 3 is 2.12 bits per heavy atom. The zero-order chi connectivity index (χ0) is 13.4. The number of carboxylic acids is 1. The molecule has 0 spiro atoms. The molecule has 1 heterocycles. The minimum atomic E-state index is -2.77. The van der Waals surface area contributed by atoms with Gasteiger partial charge in [0.15, 0.2) is 7.29 Å². The average molecular weight is 263 g/mol. The predicted octanol–water partition coefficient (Wildman–Crippen LogP) is 1.60. The summed E-state index contributed by atoms with van der Waals surface area (Å²) in [5, 5.41) is 18.8. The van der Waals surface area contributed by atoms with Crippen LogP contribution in [-0.2, 0) is 9.36 Å². The topological polar surface area (TPSA) is 77.8 Å². The van der Waals surface area contributed by atoms with E-state index in [1.165, 1.54) is 4.67 Å². The molecule has 2 N–H and O–H groups in total. The molecule has 0 aliphatic carbocycles. The lowest BCUT2D eigenvalue weighted by Gasteiger charge is -2.36. The van der Waals surface area contributed by atoms with Gasteiger partial charge in [0.2, 0.25) is 0 Å². The standard InChI is InChI=1S/C11H22NO4P/c1-7(2)17(16,8(3)4)12-6-9(13)5-10(12)11(14)15/h7-10,13H,5-6H2,1-4H3,(H,14,15). The van der Waals surface area contributed by atoms with Gasteiger partial charge in [0.05, 0.1) is 6.10 Å². The highest BCUT2D eigenvalue weighted by molar-refractivity contribution is 7.63. The average Bonchev–Trinajstić information content (AvgIpc) is 2.58. The highest BCUT2D eigenvalue weighted by Crippen LogP contribution is 2.60. The fraction of sp³-hybridized carbons (Fsp3) is 0.909. The monoisotopic (exact) mass is 263 g/mol. The summed E-state index contributed by atoms with van der Waals surface area (Å²) in [6.07, 6.45) is -0.527. The molecule has 0 bridgehead atoms. The molecule has 0 amide bonds. The molecule has 0 saturated carbocycles. The molecule has 0 aromatic carbocycles. The summed E-state index contributed by atoms with van der Waals surface area (Å²) in [6.45, 7) is 7.61. The van der Waals surface area contributed by atoms with E-state index in [1.54, 1.807) is 0 Å². The Hall–Kier alpha value is -0.380. The van der Waals surface area contributed by atoms with Crippen molar-refractivity contribution in [2.75, 3.05) is 6.54 Å². The van der Waals surface area contributed by atoms with Gasteiger partial charge in [0.25, 0.3) is 0 Å². The van der Waals surface area contributed by atoms with E-state index in [9.17, 15) is 14.5 Å². The van der Waals surface area contributed by atoms with Crippen molar-refractivity contribution < 1.29 is 19.6 Å². The van der Waals surface area contributed by atoms with Gasteiger partial charge in [-0.3, -0.25) is 4.79 Å². The second-order valence-corrected chi connectivity index (χ2v) is 9.15. The zero-order valence-corrected chi connectivity index (χ0v) is 11.7. The Morgan fingerprint density at radius 2 is 1.76 bits per heavy atom. The largest absolute Gasteiger partial charge is 0.480 e. The van der Waals surface area contributed by atoms with Crippen molar-refractivity contribution in [3.63, 3.8) is 0 Å². The molecule has 2 atom stereocenters. The van der Waals surface area contributed by atoms with Crippen molar-refractivity contribution in [1.29, 1.82) is 0 Å². The maximum absolute atomic E-state index is 13.0. The Morgan fingerprint density at radius 1 is 1.29 bits per heavy atom. The van der Waals surface area contributed by atoms with Gasteiger partial charge in [-0.1, -0.05) is 27.7 Å². The van der Waals surface area contributed by atoms with Crippen LogP contribution in [-0.4, -0.2) is 50.9 Å². The van der Waals surface area contributed by atoms with Crippen molar-refractivity contribution in [3.8, 4) is 0 Å². The summed E-state index contributed by atoms with van der Waals surface area (Å²) in [5.41, 5.74) is -0.204. The quantitative estimate of drug-likeness (QED) is 0.753. The summed E-state index contributed by atoms with van der Waals surface area (Å²) in [4.78, 5) is 11.2. The number of β-amino-alcohol motifs (C(OH)–C–C–N with tert-alkyl or cyclic N) is 1. The van der Waals surface area contributed by atoms with Crippen molar-refractivity contribution in [2.24, 2.45) is 0 Å². The van der Waals surface area contributed by atoms with Gasteiger partial charge in [-0.05, 0) is 0 Å². The highest BCUT2D eigenvalue weighted by atomic mass is 31.2. The molecular weight excluding hydrogens is 241 g/mol. The van der Waals surface area contributed by atoms with E-state index in [0.717, 1.165) is 0 Å². The molecular formula is C11H22NO4P. The molecule has 1 saturated heterocycles. The van der Waals surface area contributed by atoms with Crippen LogP contribution in [0.5, 0.6) is 0 Å². The fourth-order valence-electron chi connectivity index (χ4n) is 2.56. The molecule has 2 unspecified atom stereocenters. The van der Waals surface area contributed by atoms with E-state index in [-0.39, 0.29) is 24.3 Å². The smallest absolute Gasteiger partial charge is 0.321 e. The Balaban J connectivity index is 3.11. The Kier molecular flexibility index (Phi) is 4.39. The highest BCUT2D eigenvalue weighted by Gasteiger charge is 2.48. The lowest BCUT2D eigenvalue weighted by atomic mass is 10.2. The van der Waals surface area contributed by atoms with Gasteiger partial charge in [-0.25, -0.2) is 4.67 Å². The first-order valence-electron chi connectivity index (χ1n) is 5.98. The molecule has 0 aromatic heterocycles. The summed E-state index contributed by atoms with van der Waals surface area (Å²) in [6, 6.07) is -0.819. The number of carbonyl (C=O) groups is 1. The summed E-state index contributed by atoms with van der Waals surface area (Å²) in [5.74, 6) is -0.997. The number of hydrogen-bond acceptors (Lipinski definition) is 3. The maximum Gasteiger partial charge on any atom is 0.321 e. The first kappa shape index (κ1) is 14.7. The third-order valence-corrected chi connectivity index (χ3v) is 7.62. The van der Waals surface area contributed by atoms with E-state index in [4.69, 9.17) is 5.11 Å². The third kappa shape index (κ3) is 2.56. The van der Waals surface area contributed by atoms with Crippen LogP contribution in [0.1, 0.15) is 34.1 Å². The molecule has 1 fully saturated rings. The van der Waals surface area contributed by atoms with E-state index in [2.05, 4.69) is 0 Å². The summed E-state index contributed by atoms with van der Waals surface area (Å²) >= 11 is 0. The SMILES string of the molecule is CC(C)P(=O)(C(C)C)N1CC(O)CC1C(=O)O. The second-order valence-electron chi connectivity index (χ2n) is 5.23. The van der Waals surface area contributed by atoms with Crippen molar-refractivity contribution >= 4 is 13.3 Å². The summed E-state index contributed by atoms with van der Waals surface area (Å²) < 4.78 is 14.6. The number of aliphatic hydroxyl groups is 1. The van der Waals surface area contributed by atoms with Gasteiger partial charge in [0, 0.05) is 24.3 Å². The number of rotatable bonds is 4. The number of aliphatic carboxylic acids is 1. The minimum Gasteiger partial charge on any atom is -0.480 e. The molecule has 1 aliphatic heterocycles. The van der Waals surface area contributed by atoms with Crippen LogP contribution in [0.4, 0.5) is 0 Å². The van der Waals surface area contributed by atoms with E-state index >= 15 is 0 Å². The van der Waals surface area contributed by atoms with E-state index in [1.807, 2.05) is 27.7 Å². The first-order chi connectivity index (χ1) is 7.71. The third-order valence-electron chi connectivity index (χ3n) is 3.42. The van der Waals surface area contributed by atoms with Crippen LogP contribution in [0, 0.1) is 0 Å². The first-order valence-corrected chi connectivity index (χ1v) is 7.78. The van der Waals surface area contributed by atoms with Crippen LogP contribution < -0.4 is 0 Å². The number of nitrogens with zero attached hydrogens (tertiary/aromatic N) is 1. The lowest BCUT2D eigenvalue weighted by Crippen LogP contribution is -2.37. The zero-order valence-electron chi connectivity index (χ0n) is 10.8. The van der Waals surface area contributed by atoms with Crippen LogP contribution in [0.2, 0.25) is 0 Å². The Bertz CT molecular complexity index is 330. The predicted molar refractivity (Wildman–Crippen MR) is 66.6 cm³/mol. The molecule has 0 aromatic rings. The van der Waals surface area contributed by atoms with Crippen molar-refractivity contribution in [1.82, 2.24) is 4.67 Å². The molecule has 1 aliphatic rings. The molecule has 5 nitrogen and oxygen atoms in total. The molecule has 100 valence electrons. The van der Waals surface area contributed by atoms with Crippen LogP contribution in [0.15, 0.2) is 0 Å².